The number of carbonyl (C=O) groups is 2. The summed E-state index contributed by atoms with van der Waals surface area (Å²) in [7, 11) is 0. The summed E-state index contributed by atoms with van der Waals surface area (Å²) in [6.45, 7) is 1.84. The lowest BCUT2D eigenvalue weighted by atomic mass is 9.98. The summed E-state index contributed by atoms with van der Waals surface area (Å²) in [5.41, 5.74) is 8.04. The zero-order valence-electron chi connectivity index (χ0n) is 11.8. The van der Waals surface area contributed by atoms with Crippen LogP contribution in [0.4, 0.5) is 5.69 Å². The number of morpholine rings is 1. The molecule has 112 valence electrons. The van der Waals surface area contributed by atoms with Crippen LogP contribution in [0.3, 0.4) is 0 Å². The molecule has 2 aliphatic rings. The van der Waals surface area contributed by atoms with Gasteiger partial charge in [-0.25, -0.2) is 0 Å². The highest BCUT2D eigenvalue weighted by molar-refractivity contribution is 6.02. The molecule has 0 spiro atoms. The van der Waals surface area contributed by atoms with Gasteiger partial charge in [0, 0.05) is 13.1 Å². The smallest absolute Gasteiger partial charge is 0.256 e. The van der Waals surface area contributed by atoms with Crippen LogP contribution in [0.25, 0.3) is 0 Å². The lowest BCUT2D eigenvalue weighted by Crippen LogP contribution is -2.54. The Morgan fingerprint density at radius 1 is 1.38 bits per heavy atom. The monoisotopic (exact) mass is 289 g/mol. The lowest BCUT2D eigenvalue weighted by molar-refractivity contribution is -0.127. The minimum absolute atomic E-state index is 0.159. The molecular weight excluding hydrogens is 270 g/mol. The van der Waals surface area contributed by atoms with Gasteiger partial charge in [0.2, 0.25) is 5.91 Å². The van der Waals surface area contributed by atoms with Gasteiger partial charge in [-0.3, -0.25) is 9.59 Å². The molecule has 2 aliphatic heterocycles. The number of nitrogens with two attached hydrogens (primary N) is 1. The first-order valence-electron chi connectivity index (χ1n) is 7.22. The number of amides is 2. The molecule has 1 aromatic rings. The molecule has 0 saturated carbocycles. The molecule has 6 heteroatoms. The Morgan fingerprint density at radius 3 is 3.05 bits per heavy atom. The standard InChI is InChI=1S/C15H19N3O3/c16-14(19)12-9-21-8-7-18(12)15(20)11-5-1-3-10-4-2-6-17-13(10)11/h1,3,5,12,17H,2,4,6-9H2,(H2,16,19). The lowest BCUT2D eigenvalue weighted by Gasteiger charge is -2.34. The summed E-state index contributed by atoms with van der Waals surface area (Å²) in [6.07, 6.45) is 2.03. The minimum atomic E-state index is -0.689. The maximum absolute atomic E-state index is 12.8. The number of nitrogens with one attached hydrogen (secondary N) is 1. The highest BCUT2D eigenvalue weighted by Gasteiger charge is 2.33. The number of rotatable bonds is 2. The molecule has 0 bridgehead atoms. The number of anilines is 1. The van der Waals surface area contributed by atoms with Crippen molar-refractivity contribution in [2.75, 3.05) is 31.6 Å². The molecule has 0 aromatic heterocycles. The van der Waals surface area contributed by atoms with E-state index in [1.165, 1.54) is 4.90 Å². The number of benzene rings is 1. The van der Waals surface area contributed by atoms with E-state index >= 15 is 0 Å². The largest absolute Gasteiger partial charge is 0.384 e. The maximum Gasteiger partial charge on any atom is 0.256 e. The van der Waals surface area contributed by atoms with Gasteiger partial charge in [0.25, 0.3) is 5.91 Å². The Kier molecular flexibility index (Phi) is 3.79. The van der Waals surface area contributed by atoms with Gasteiger partial charge >= 0.3 is 0 Å². The van der Waals surface area contributed by atoms with Crippen LogP contribution < -0.4 is 11.1 Å². The first kappa shape index (κ1) is 13.9. The van der Waals surface area contributed by atoms with Gasteiger partial charge in [0.1, 0.15) is 6.04 Å². The molecule has 1 atom stereocenters. The van der Waals surface area contributed by atoms with Crippen LogP contribution >= 0.6 is 0 Å². The van der Waals surface area contributed by atoms with Crippen molar-refractivity contribution in [1.82, 2.24) is 4.90 Å². The Morgan fingerprint density at radius 2 is 2.24 bits per heavy atom. The third-order valence-corrected chi connectivity index (χ3v) is 4.02. The first-order valence-corrected chi connectivity index (χ1v) is 7.22. The number of carbonyl (C=O) groups excluding carboxylic acids is 2. The van der Waals surface area contributed by atoms with Crippen molar-refractivity contribution in [3.8, 4) is 0 Å². The number of fused-ring (bicyclic) bond motifs is 1. The van der Waals surface area contributed by atoms with Crippen molar-refractivity contribution in [2.24, 2.45) is 5.73 Å². The van der Waals surface area contributed by atoms with E-state index in [2.05, 4.69) is 5.32 Å². The fourth-order valence-electron chi connectivity index (χ4n) is 2.92. The van der Waals surface area contributed by atoms with E-state index in [4.69, 9.17) is 10.5 Å². The fourth-order valence-corrected chi connectivity index (χ4v) is 2.92. The molecule has 21 heavy (non-hydrogen) atoms. The van der Waals surface area contributed by atoms with Crippen molar-refractivity contribution >= 4 is 17.5 Å². The predicted molar refractivity (Wildman–Crippen MR) is 78.1 cm³/mol. The highest BCUT2D eigenvalue weighted by atomic mass is 16.5. The summed E-state index contributed by atoms with van der Waals surface area (Å²) in [5, 5.41) is 3.30. The van der Waals surface area contributed by atoms with Crippen LogP contribution in [-0.2, 0) is 16.0 Å². The topological polar surface area (TPSA) is 84.7 Å². The highest BCUT2D eigenvalue weighted by Crippen LogP contribution is 2.27. The zero-order chi connectivity index (χ0) is 14.8. The fraction of sp³-hybridized carbons (Fsp3) is 0.467. The van der Waals surface area contributed by atoms with Gasteiger partial charge < -0.3 is 20.7 Å². The van der Waals surface area contributed by atoms with Crippen LogP contribution in [0.15, 0.2) is 18.2 Å². The van der Waals surface area contributed by atoms with Gasteiger partial charge in [-0.2, -0.15) is 0 Å². The molecule has 1 fully saturated rings. The van der Waals surface area contributed by atoms with Crippen molar-refractivity contribution in [1.29, 1.82) is 0 Å². The van der Waals surface area contributed by atoms with E-state index in [0.717, 1.165) is 30.6 Å². The number of nitrogens with zero attached hydrogens (tertiary/aromatic N) is 1. The summed E-state index contributed by atoms with van der Waals surface area (Å²) in [5.74, 6) is -0.686. The van der Waals surface area contributed by atoms with Gasteiger partial charge in [-0.05, 0) is 24.5 Å². The molecular formula is C15H19N3O3. The molecule has 6 nitrogen and oxygen atoms in total. The zero-order valence-corrected chi connectivity index (χ0v) is 11.8. The molecule has 1 saturated heterocycles. The van der Waals surface area contributed by atoms with Crippen LogP contribution in [0.2, 0.25) is 0 Å². The predicted octanol–water partition coefficient (Wildman–Crippen LogP) is 0.371. The molecule has 0 radical (unpaired) electrons. The third-order valence-electron chi connectivity index (χ3n) is 4.02. The summed E-state index contributed by atoms with van der Waals surface area (Å²) in [6, 6.07) is 5.03. The SMILES string of the molecule is NC(=O)C1COCCN1C(=O)c1cccc2c1NCCC2. The second-order valence-electron chi connectivity index (χ2n) is 5.36. The summed E-state index contributed by atoms with van der Waals surface area (Å²) < 4.78 is 5.26. The number of primary amides is 1. The second kappa shape index (κ2) is 5.73. The quantitative estimate of drug-likeness (QED) is 0.824. The van der Waals surface area contributed by atoms with Crippen LogP contribution in [0.5, 0.6) is 0 Å². The first-order chi connectivity index (χ1) is 10.2. The molecule has 2 heterocycles. The van der Waals surface area contributed by atoms with E-state index in [-0.39, 0.29) is 12.5 Å². The Bertz CT molecular complexity index is 573. The van der Waals surface area contributed by atoms with E-state index in [1.807, 2.05) is 12.1 Å². The average Bonchev–Trinajstić information content (AvgIpc) is 2.53. The Balaban J connectivity index is 1.92. The van der Waals surface area contributed by atoms with Crippen LogP contribution in [0.1, 0.15) is 22.3 Å². The van der Waals surface area contributed by atoms with Crippen molar-refractivity contribution in [3.63, 3.8) is 0 Å². The van der Waals surface area contributed by atoms with Crippen molar-refractivity contribution in [3.05, 3.63) is 29.3 Å². The summed E-state index contributed by atoms with van der Waals surface area (Å²) in [4.78, 5) is 25.9. The van der Waals surface area contributed by atoms with E-state index in [0.29, 0.717) is 18.7 Å². The molecule has 3 N–H and O–H groups in total. The van der Waals surface area contributed by atoms with Crippen LogP contribution in [0, 0.1) is 0 Å². The second-order valence-corrected chi connectivity index (χ2v) is 5.36. The van der Waals surface area contributed by atoms with Gasteiger partial charge in [0.15, 0.2) is 0 Å². The molecule has 1 aromatic carbocycles. The van der Waals surface area contributed by atoms with E-state index in [9.17, 15) is 9.59 Å². The number of ether oxygens (including phenoxy) is 1. The van der Waals surface area contributed by atoms with Crippen LogP contribution in [-0.4, -0.2) is 49.1 Å². The number of para-hydroxylation sites is 1. The maximum atomic E-state index is 12.8. The van der Waals surface area contributed by atoms with Crippen molar-refractivity contribution < 1.29 is 14.3 Å². The number of aryl methyl sites for hydroxylation is 1. The number of hydrogen-bond acceptors (Lipinski definition) is 4. The third kappa shape index (κ3) is 2.58. The van der Waals surface area contributed by atoms with Gasteiger partial charge in [-0.15, -0.1) is 0 Å². The molecule has 2 amide bonds. The van der Waals surface area contributed by atoms with Gasteiger partial charge in [0.05, 0.1) is 24.5 Å². The number of hydrogen-bond donors (Lipinski definition) is 2. The Labute approximate surface area is 123 Å². The van der Waals surface area contributed by atoms with E-state index < -0.39 is 11.9 Å². The molecule has 0 aliphatic carbocycles. The minimum Gasteiger partial charge on any atom is -0.384 e. The normalized spacial score (nSPS) is 21.3. The van der Waals surface area contributed by atoms with Crippen molar-refractivity contribution in [2.45, 2.75) is 18.9 Å². The van der Waals surface area contributed by atoms with Gasteiger partial charge in [-0.1, -0.05) is 12.1 Å². The van der Waals surface area contributed by atoms with E-state index in [1.54, 1.807) is 6.07 Å². The molecule has 3 rings (SSSR count). The summed E-state index contributed by atoms with van der Waals surface area (Å²) >= 11 is 0. The Hall–Kier alpha value is -2.08. The average molecular weight is 289 g/mol. The molecule has 1 unspecified atom stereocenters.